The minimum absolute atomic E-state index is 0.147. The quantitative estimate of drug-likeness (QED) is 0.579. The summed E-state index contributed by atoms with van der Waals surface area (Å²) in [6.45, 7) is 1.35. The topological polar surface area (TPSA) is 92.8 Å². The molecular weight excluding hydrogens is 396 g/mol. The molecule has 1 aliphatic heterocycles. The van der Waals surface area contributed by atoms with Crippen LogP contribution in [0.3, 0.4) is 0 Å². The van der Waals surface area contributed by atoms with Crippen LogP contribution in [-0.4, -0.2) is 30.3 Å². The fraction of sp³-hybridized carbons (Fsp3) is 0.238. The predicted molar refractivity (Wildman–Crippen MR) is 106 cm³/mol. The summed E-state index contributed by atoms with van der Waals surface area (Å²) in [7, 11) is 0. The van der Waals surface area contributed by atoms with Crippen LogP contribution in [0.5, 0.6) is 0 Å². The van der Waals surface area contributed by atoms with Crippen LogP contribution < -0.4 is 10.2 Å². The SMILES string of the molecule is C[C@H](NC(=O)COC(=O)c1cccc(N2C(=O)CCC2=O)c1)c1ccc(Cl)cc1. The van der Waals surface area contributed by atoms with Gasteiger partial charge in [-0.25, -0.2) is 4.79 Å². The lowest BCUT2D eigenvalue weighted by atomic mass is 10.1. The number of hydrogen-bond donors (Lipinski definition) is 1. The van der Waals surface area contributed by atoms with Gasteiger partial charge in [-0.1, -0.05) is 29.8 Å². The molecule has 8 heteroatoms. The van der Waals surface area contributed by atoms with Crippen molar-refractivity contribution in [3.63, 3.8) is 0 Å². The standard InChI is InChI=1S/C21H19ClN2O5/c1-13(14-5-7-16(22)8-6-14)23-18(25)12-29-21(28)15-3-2-4-17(11-15)24-19(26)9-10-20(24)27/h2-8,11,13H,9-10,12H2,1H3,(H,23,25)/t13-/m0/s1. The number of nitrogens with one attached hydrogen (secondary N) is 1. The second kappa shape index (κ2) is 8.87. The van der Waals surface area contributed by atoms with Gasteiger partial charge in [-0.3, -0.25) is 19.3 Å². The van der Waals surface area contributed by atoms with Crippen molar-refractivity contribution in [1.29, 1.82) is 0 Å². The van der Waals surface area contributed by atoms with Crippen LogP contribution in [0.4, 0.5) is 5.69 Å². The van der Waals surface area contributed by atoms with Gasteiger partial charge in [0.15, 0.2) is 6.61 Å². The summed E-state index contributed by atoms with van der Waals surface area (Å²) in [5.74, 6) is -1.80. The summed E-state index contributed by atoms with van der Waals surface area (Å²) in [4.78, 5) is 49.1. The number of anilines is 1. The molecule has 1 aliphatic rings. The third-order valence-corrected chi connectivity index (χ3v) is 4.73. The Balaban J connectivity index is 1.57. The largest absolute Gasteiger partial charge is 0.452 e. The number of rotatable bonds is 6. The fourth-order valence-corrected chi connectivity index (χ4v) is 3.09. The number of nitrogens with zero attached hydrogens (tertiary/aromatic N) is 1. The molecule has 1 N–H and O–H groups in total. The molecular formula is C21H19ClN2O5. The Morgan fingerprint density at radius 3 is 2.41 bits per heavy atom. The molecule has 0 aliphatic carbocycles. The van der Waals surface area contributed by atoms with Gasteiger partial charge < -0.3 is 10.1 Å². The van der Waals surface area contributed by atoms with Crippen molar-refractivity contribution in [3.05, 3.63) is 64.7 Å². The summed E-state index contributed by atoms with van der Waals surface area (Å²) in [6, 6.07) is 12.8. The van der Waals surface area contributed by atoms with E-state index in [2.05, 4.69) is 5.32 Å². The Morgan fingerprint density at radius 2 is 1.76 bits per heavy atom. The third kappa shape index (κ3) is 5.00. The molecule has 29 heavy (non-hydrogen) atoms. The van der Waals surface area contributed by atoms with Crippen LogP contribution in [-0.2, 0) is 19.1 Å². The summed E-state index contributed by atoms with van der Waals surface area (Å²) < 4.78 is 5.06. The number of amides is 3. The number of hydrogen-bond acceptors (Lipinski definition) is 5. The van der Waals surface area contributed by atoms with Gasteiger partial charge in [0.2, 0.25) is 11.8 Å². The molecule has 3 rings (SSSR count). The first-order chi connectivity index (χ1) is 13.8. The van der Waals surface area contributed by atoms with E-state index in [0.29, 0.717) is 10.7 Å². The Bertz CT molecular complexity index is 942. The fourth-order valence-electron chi connectivity index (χ4n) is 2.97. The molecule has 2 aromatic carbocycles. The van der Waals surface area contributed by atoms with E-state index in [1.165, 1.54) is 12.1 Å². The van der Waals surface area contributed by atoms with Gasteiger partial charge in [0.05, 0.1) is 17.3 Å². The molecule has 2 aromatic rings. The highest BCUT2D eigenvalue weighted by atomic mass is 35.5. The molecule has 0 radical (unpaired) electrons. The van der Waals surface area contributed by atoms with E-state index in [4.69, 9.17) is 16.3 Å². The highest BCUT2D eigenvalue weighted by Crippen LogP contribution is 2.23. The predicted octanol–water partition coefficient (Wildman–Crippen LogP) is 3.03. The maximum atomic E-state index is 12.3. The highest BCUT2D eigenvalue weighted by molar-refractivity contribution is 6.30. The van der Waals surface area contributed by atoms with Crippen molar-refractivity contribution < 1.29 is 23.9 Å². The Labute approximate surface area is 172 Å². The van der Waals surface area contributed by atoms with Gasteiger partial charge in [-0.05, 0) is 42.8 Å². The Kier molecular flexibility index (Phi) is 6.29. The maximum Gasteiger partial charge on any atom is 0.338 e. The lowest BCUT2D eigenvalue weighted by Gasteiger charge is -2.15. The van der Waals surface area contributed by atoms with Crippen LogP contribution in [0, 0.1) is 0 Å². The molecule has 0 aromatic heterocycles. The van der Waals surface area contributed by atoms with Gasteiger partial charge in [-0.15, -0.1) is 0 Å². The van der Waals surface area contributed by atoms with Gasteiger partial charge in [0, 0.05) is 17.9 Å². The third-order valence-electron chi connectivity index (χ3n) is 4.47. The lowest BCUT2D eigenvalue weighted by Crippen LogP contribution is -2.31. The molecule has 1 heterocycles. The van der Waals surface area contributed by atoms with E-state index in [1.807, 2.05) is 0 Å². The monoisotopic (exact) mass is 414 g/mol. The average molecular weight is 415 g/mol. The van der Waals surface area contributed by atoms with E-state index in [-0.39, 0.29) is 36.3 Å². The molecule has 0 unspecified atom stereocenters. The minimum atomic E-state index is -0.722. The normalized spacial score (nSPS) is 14.6. The summed E-state index contributed by atoms with van der Waals surface area (Å²) in [6.07, 6.45) is 0.305. The maximum absolute atomic E-state index is 12.3. The molecule has 0 bridgehead atoms. The van der Waals surface area contributed by atoms with E-state index in [9.17, 15) is 19.2 Å². The number of benzene rings is 2. The van der Waals surface area contributed by atoms with Crippen molar-refractivity contribution in [2.75, 3.05) is 11.5 Å². The zero-order valence-corrected chi connectivity index (χ0v) is 16.4. The van der Waals surface area contributed by atoms with Gasteiger partial charge in [0.25, 0.3) is 5.91 Å². The zero-order chi connectivity index (χ0) is 21.0. The zero-order valence-electron chi connectivity index (χ0n) is 15.7. The number of halogens is 1. The first kappa shape index (κ1) is 20.5. The van der Waals surface area contributed by atoms with Crippen molar-refractivity contribution >= 4 is 41.0 Å². The number of carbonyl (C=O) groups is 4. The van der Waals surface area contributed by atoms with Gasteiger partial charge in [-0.2, -0.15) is 0 Å². The second-order valence-corrected chi connectivity index (χ2v) is 7.03. The van der Waals surface area contributed by atoms with E-state index in [1.54, 1.807) is 43.3 Å². The second-order valence-electron chi connectivity index (χ2n) is 6.59. The number of esters is 1. The molecule has 0 spiro atoms. The lowest BCUT2D eigenvalue weighted by molar-refractivity contribution is -0.125. The minimum Gasteiger partial charge on any atom is -0.452 e. The van der Waals surface area contributed by atoms with Crippen molar-refractivity contribution in [2.24, 2.45) is 0 Å². The highest BCUT2D eigenvalue weighted by Gasteiger charge is 2.30. The first-order valence-electron chi connectivity index (χ1n) is 9.03. The van der Waals surface area contributed by atoms with Crippen molar-refractivity contribution in [3.8, 4) is 0 Å². The van der Waals surface area contributed by atoms with E-state index < -0.39 is 18.5 Å². The molecule has 3 amide bonds. The molecule has 1 fully saturated rings. The number of ether oxygens (including phenoxy) is 1. The van der Waals surface area contributed by atoms with Gasteiger partial charge in [0.1, 0.15) is 0 Å². The number of imide groups is 1. The molecule has 7 nitrogen and oxygen atoms in total. The smallest absolute Gasteiger partial charge is 0.338 e. The first-order valence-corrected chi connectivity index (χ1v) is 9.41. The van der Waals surface area contributed by atoms with Crippen molar-refractivity contribution in [2.45, 2.75) is 25.8 Å². The van der Waals surface area contributed by atoms with E-state index >= 15 is 0 Å². The van der Waals surface area contributed by atoms with Crippen LogP contribution in [0.25, 0.3) is 0 Å². The molecule has 0 saturated carbocycles. The van der Waals surface area contributed by atoms with Crippen LogP contribution in [0.1, 0.15) is 41.7 Å². The molecule has 1 atom stereocenters. The average Bonchev–Trinajstić information content (AvgIpc) is 3.04. The number of carbonyl (C=O) groups excluding carboxylic acids is 4. The molecule has 1 saturated heterocycles. The van der Waals surface area contributed by atoms with E-state index in [0.717, 1.165) is 10.5 Å². The van der Waals surface area contributed by atoms with Crippen LogP contribution in [0.2, 0.25) is 5.02 Å². The summed E-state index contributed by atoms with van der Waals surface area (Å²) in [5.41, 5.74) is 1.32. The van der Waals surface area contributed by atoms with Gasteiger partial charge >= 0.3 is 5.97 Å². The summed E-state index contributed by atoms with van der Waals surface area (Å²) >= 11 is 5.85. The summed E-state index contributed by atoms with van der Waals surface area (Å²) in [5, 5.41) is 3.33. The Hall–Kier alpha value is -3.19. The van der Waals surface area contributed by atoms with Crippen LogP contribution in [0.15, 0.2) is 48.5 Å². The van der Waals surface area contributed by atoms with Crippen molar-refractivity contribution in [1.82, 2.24) is 5.32 Å². The van der Waals surface area contributed by atoms with Crippen LogP contribution >= 0.6 is 11.6 Å². The Morgan fingerprint density at radius 1 is 1.10 bits per heavy atom. The molecule has 150 valence electrons.